The van der Waals surface area contributed by atoms with Crippen LogP contribution in [0.3, 0.4) is 0 Å². The Morgan fingerprint density at radius 1 is 0.950 bits per heavy atom. The maximum atomic E-state index is 5.89. The van der Waals surface area contributed by atoms with E-state index in [9.17, 15) is 0 Å². The second kappa shape index (κ2) is 7.12. The molecule has 2 aliphatic carbocycles. The van der Waals surface area contributed by atoms with E-state index in [1.165, 1.54) is 68.9 Å². The molecule has 0 aromatic heterocycles. The topological polar surface area (TPSA) is 21.3 Å². The molecular weight excluding hydrogens is 246 g/mol. The minimum Gasteiger partial charge on any atom is -0.492 e. The molecule has 2 heteroatoms. The highest BCUT2D eigenvalue weighted by molar-refractivity contribution is 5.38. The molecule has 110 valence electrons. The van der Waals surface area contributed by atoms with Crippen molar-refractivity contribution in [2.24, 2.45) is 0 Å². The Balaban J connectivity index is 1.39. The minimum absolute atomic E-state index is 0.723. The minimum atomic E-state index is 0.723. The lowest BCUT2D eigenvalue weighted by molar-refractivity contribution is 0.300. The van der Waals surface area contributed by atoms with E-state index in [0.29, 0.717) is 0 Å². The number of ether oxygens (including phenoxy) is 1. The number of nitrogens with one attached hydrogen (secondary N) is 1. The molecule has 0 atom stereocenters. The molecule has 0 spiro atoms. The summed E-state index contributed by atoms with van der Waals surface area (Å²) in [5.41, 5.74) is 3.02. The normalized spacial score (nSPS) is 19.6. The summed E-state index contributed by atoms with van der Waals surface area (Å²) in [5, 5.41) is 3.66. The van der Waals surface area contributed by atoms with Gasteiger partial charge in [0.2, 0.25) is 0 Å². The van der Waals surface area contributed by atoms with Crippen molar-refractivity contribution in [2.75, 3.05) is 13.2 Å². The van der Waals surface area contributed by atoms with Crippen molar-refractivity contribution in [1.29, 1.82) is 0 Å². The maximum Gasteiger partial charge on any atom is 0.119 e. The van der Waals surface area contributed by atoms with Gasteiger partial charge in [-0.25, -0.2) is 0 Å². The average Bonchev–Trinajstić information content (AvgIpc) is 2.78. The van der Waals surface area contributed by atoms with Crippen molar-refractivity contribution >= 4 is 0 Å². The van der Waals surface area contributed by atoms with Crippen LogP contribution in [0, 0.1) is 0 Å². The van der Waals surface area contributed by atoms with E-state index in [-0.39, 0.29) is 0 Å². The van der Waals surface area contributed by atoms with Gasteiger partial charge in [0.05, 0.1) is 0 Å². The zero-order chi connectivity index (χ0) is 13.6. The maximum absolute atomic E-state index is 5.89. The van der Waals surface area contributed by atoms with Crippen LogP contribution in [0.5, 0.6) is 5.75 Å². The first-order valence-electron chi connectivity index (χ1n) is 8.40. The molecule has 1 aromatic rings. The van der Waals surface area contributed by atoms with Crippen molar-refractivity contribution in [2.45, 2.75) is 63.8 Å². The van der Waals surface area contributed by atoms with E-state index in [0.717, 1.165) is 24.9 Å². The van der Waals surface area contributed by atoms with Gasteiger partial charge < -0.3 is 10.1 Å². The molecule has 2 aliphatic rings. The quantitative estimate of drug-likeness (QED) is 0.649. The fraction of sp³-hybridized carbons (Fsp3) is 0.667. The molecule has 0 aliphatic heterocycles. The predicted octanol–water partition coefficient (Wildman–Crippen LogP) is 3.87. The van der Waals surface area contributed by atoms with Gasteiger partial charge in [-0.1, -0.05) is 31.7 Å². The lowest BCUT2D eigenvalue weighted by Gasteiger charge is -2.16. The number of rotatable bonds is 5. The van der Waals surface area contributed by atoms with Crippen LogP contribution in [-0.2, 0) is 12.8 Å². The Morgan fingerprint density at radius 3 is 2.60 bits per heavy atom. The summed E-state index contributed by atoms with van der Waals surface area (Å²) in [6.45, 7) is 1.76. The first-order valence-corrected chi connectivity index (χ1v) is 8.40. The standard InChI is InChI=1S/C18H27NO/c1-2-4-9-17(8-3-1)19-12-13-20-18-11-10-15-6-5-7-16(15)14-18/h10-11,14,17,19H,1-9,12-13H2. The summed E-state index contributed by atoms with van der Waals surface area (Å²) in [4.78, 5) is 0. The van der Waals surface area contributed by atoms with Gasteiger partial charge in [-0.15, -0.1) is 0 Å². The van der Waals surface area contributed by atoms with Crippen molar-refractivity contribution in [3.05, 3.63) is 29.3 Å². The number of fused-ring (bicyclic) bond motifs is 1. The summed E-state index contributed by atoms with van der Waals surface area (Å²) in [6.07, 6.45) is 12.1. The van der Waals surface area contributed by atoms with Crippen LogP contribution in [0.4, 0.5) is 0 Å². The first-order chi connectivity index (χ1) is 9.92. The molecule has 2 nitrogen and oxygen atoms in total. The number of benzene rings is 1. The zero-order valence-corrected chi connectivity index (χ0v) is 12.5. The molecule has 0 bridgehead atoms. The summed E-state index contributed by atoms with van der Waals surface area (Å²) in [7, 11) is 0. The van der Waals surface area contributed by atoms with Crippen LogP contribution < -0.4 is 10.1 Å². The fourth-order valence-electron chi connectivity index (χ4n) is 3.55. The Bertz CT molecular complexity index is 421. The van der Waals surface area contributed by atoms with E-state index in [4.69, 9.17) is 4.74 Å². The average molecular weight is 273 g/mol. The lowest BCUT2D eigenvalue weighted by atomic mass is 10.1. The molecule has 20 heavy (non-hydrogen) atoms. The van der Waals surface area contributed by atoms with E-state index < -0.39 is 0 Å². The van der Waals surface area contributed by atoms with E-state index in [2.05, 4.69) is 23.5 Å². The molecule has 0 saturated heterocycles. The third-order valence-corrected chi connectivity index (χ3v) is 4.73. The second-order valence-electron chi connectivity index (χ2n) is 6.28. The van der Waals surface area contributed by atoms with Gasteiger partial charge in [-0.3, -0.25) is 0 Å². The molecular formula is C18H27NO. The zero-order valence-electron chi connectivity index (χ0n) is 12.5. The van der Waals surface area contributed by atoms with Gasteiger partial charge >= 0.3 is 0 Å². The highest BCUT2D eigenvalue weighted by Crippen LogP contribution is 2.25. The molecule has 0 radical (unpaired) electrons. The van der Waals surface area contributed by atoms with Gasteiger partial charge in [0.1, 0.15) is 12.4 Å². The largest absolute Gasteiger partial charge is 0.492 e. The van der Waals surface area contributed by atoms with Crippen LogP contribution in [0.15, 0.2) is 18.2 Å². The van der Waals surface area contributed by atoms with Gasteiger partial charge in [-0.2, -0.15) is 0 Å². The SMILES string of the molecule is c1cc2c(cc1OCCNC1CCCCCC1)CCC2. The van der Waals surface area contributed by atoms with E-state index in [1.807, 2.05) is 0 Å². The predicted molar refractivity (Wildman–Crippen MR) is 83.5 cm³/mol. The summed E-state index contributed by atoms with van der Waals surface area (Å²) in [6, 6.07) is 7.35. The number of hydrogen-bond donors (Lipinski definition) is 1. The molecule has 3 rings (SSSR count). The van der Waals surface area contributed by atoms with Crippen LogP contribution in [0.2, 0.25) is 0 Å². The first kappa shape index (κ1) is 13.9. The van der Waals surface area contributed by atoms with Crippen LogP contribution in [0.25, 0.3) is 0 Å². The van der Waals surface area contributed by atoms with Gasteiger partial charge in [0.25, 0.3) is 0 Å². The lowest BCUT2D eigenvalue weighted by Crippen LogP contribution is -2.32. The van der Waals surface area contributed by atoms with Crippen molar-refractivity contribution in [3.63, 3.8) is 0 Å². The highest BCUT2D eigenvalue weighted by Gasteiger charge is 2.12. The Kier molecular flexibility index (Phi) is 4.96. The Morgan fingerprint density at radius 2 is 1.75 bits per heavy atom. The number of hydrogen-bond acceptors (Lipinski definition) is 2. The Hall–Kier alpha value is -1.02. The molecule has 1 aromatic carbocycles. The summed E-state index contributed by atoms with van der Waals surface area (Å²) >= 11 is 0. The summed E-state index contributed by atoms with van der Waals surface area (Å²) < 4.78 is 5.89. The second-order valence-corrected chi connectivity index (χ2v) is 6.28. The molecule has 1 saturated carbocycles. The van der Waals surface area contributed by atoms with Gasteiger partial charge in [-0.05, 0) is 55.4 Å². The summed E-state index contributed by atoms with van der Waals surface area (Å²) in [5.74, 6) is 1.05. The third-order valence-electron chi connectivity index (χ3n) is 4.73. The molecule has 0 amide bonds. The van der Waals surface area contributed by atoms with Crippen molar-refractivity contribution < 1.29 is 4.74 Å². The van der Waals surface area contributed by atoms with Gasteiger partial charge in [0, 0.05) is 12.6 Å². The van der Waals surface area contributed by atoms with E-state index in [1.54, 1.807) is 0 Å². The molecule has 0 unspecified atom stereocenters. The van der Waals surface area contributed by atoms with Crippen LogP contribution in [-0.4, -0.2) is 19.2 Å². The third kappa shape index (κ3) is 3.76. The fourth-order valence-corrected chi connectivity index (χ4v) is 3.55. The molecule has 1 fully saturated rings. The van der Waals surface area contributed by atoms with Crippen LogP contribution in [0.1, 0.15) is 56.1 Å². The highest BCUT2D eigenvalue weighted by atomic mass is 16.5. The van der Waals surface area contributed by atoms with Gasteiger partial charge in [0.15, 0.2) is 0 Å². The smallest absolute Gasteiger partial charge is 0.119 e. The van der Waals surface area contributed by atoms with E-state index >= 15 is 0 Å². The van der Waals surface area contributed by atoms with Crippen molar-refractivity contribution in [1.82, 2.24) is 5.32 Å². The monoisotopic (exact) mass is 273 g/mol. The molecule has 1 N–H and O–H groups in total. The number of aryl methyl sites for hydroxylation is 2. The van der Waals surface area contributed by atoms with Crippen LogP contribution >= 0.6 is 0 Å². The van der Waals surface area contributed by atoms with Crippen molar-refractivity contribution in [3.8, 4) is 5.75 Å². The Labute approximate surface area is 122 Å². The molecule has 0 heterocycles.